The molecular formula is C40H71N. The molecule has 1 rings (SSSR count). The largest absolute Gasteiger partial charge is 0.372 e. The molecule has 0 amide bonds. The molecule has 0 aliphatic carbocycles. The van der Waals surface area contributed by atoms with Gasteiger partial charge in [-0.1, -0.05) is 187 Å². The lowest BCUT2D eigenvalue weighted by molar-refractivity contribution is 0.529. The Labute approximate surface area is 259 Å². The Bertz CT molecular complexity index is 652. The van der Waals surface area contributed by atoms with Crippen LogP contribution in [0, 0.1) is 12.3 Å². The van der Waals surface area contributed by atoms with Gasteiger partial charge < -0.3 is 4.90 Å². The van der Waals surface area contributed by atoms with Crippen molar-refractivity contribution in [3.05, 3.63) is 29.8 Å². The van der Waals surface area contributed by atoms with Crippen LogP contribution in [-0.4, -0.2) is 13.1 Å². The third kappa shape index (κ3) is 23.8. The van der Waals surface area contributed by atoms with E-state index in [9.17, 15) is 0 Å². The van der Waals surface area contributed by atoms with Gasteiger partial charge in [0.2, 0.25) is 0 Å². The molecule has 0 aliphatic heterocycles. The van der Waals surface area contributed by atoms with E-state index in [1.807, 2.05) is 0 Å². The lowest BCUT2D eigenvalue weighted by Gasteiger charge is -2.25. The highest BCUT2D eigenvalue weighted by Crippen LogP contribution is 2.19. The second-order valence-corrected chi connectivity index (χ2v) is 12.9. The van der Waals surface area contributed by atoms with E-state index >= 15 is 0 Å². The highest BCUT2D eigenvalue weighted by Gasteiger charge is 2.07. The van der Waals surface area contributed by atoms with Gasteiger partial charge in [-0.05, 0) is 37.1 Å². The maximum absolute atomic E-state index is 5.60. The quantitative estimate of drug-likeness (QED) is 0.0639. The predicted octanol–water partition coefficient (Wildman–Crippen LogP) is 13.4. The molecule has 0 atom stereocenters. The van der Waals surface area contributed by atoms with Gasteiger partial charge in [-0.25, -0.2) is 0 Å². The second-order valence-electron chi connectivity index (χ2n) is 12.9. The third-order valence-electron chi connectivity index (χ3n) is 8.96. The molecule has 0 spiro atoms. The maximum atomic E-state index is 5.60. The molecule has 1 nitrogen and oxygen atoms in total. The molecule has 1 heteroatoms. The number of terminal acetylenes is 1. The van der Waals surface area contributed by atoms with Crippen molar-refractivity contribution in [3.63, 3.8) is 0 Å². The highest BCUT2D eigenvalue weighted by atomic mass is 15.1. The van der Waals surface area contributed by atoms with E-state index in [-0.39, 0.29) is 0 Å². The number of hydrogen-bond acceptors (Lipinski definition) is 1. The van der Waals surface area contributed by atoms with Crippen LogP contribution in [0.4, 0.5) is 5.69 Å². The van der Waals surface area contributed by atoms with Crippen LogP contribution in [0.2, 0.25) is 0 Å². The Morgan fingerprint density at radius 2 is 0.683 bits per heavy atom. The summed E-state index contributed by atoms with van der Waals surface area (Å²) < 4.78 is 0. The van der Waals surface area contributed by atoms with Gasteiger partial charge in [0.15, 0.2) is 0 Å². The van der Waals surface area contributed by atoms with E-state index in [2.05, 4.69) is 48.9 Å². The van der Waals surface area contributed by atoms with Crippen molar-refractivity contribution in [1.82, 2.24) is 0 Å². The molecular weight excluding hydrogens is 494 g/mol. The van der Waals surface area contributed by atoms with E-state index in [1.54, 1.807) is 0 Å². The topological polar surface area (TPSA) is 3.24 Å². The summed E-state index contributed by atoms with van der Waals surface area (Å²) in [5.41, 5.74) is 2.34. The van der Waals surface area contributed by atoms with Crippen molar-refractivity contribution in [1.29, 1.82) is 0 Å². The normalized spacial score (nSPS) is 11.1. The van der Waals surface area contributed by atoms with Gasteiger partial charge in [0.25, 0.3) is 0 Å². The number of anilines is 1. The number of nitrogens with zero attached hydrogens (tertiary/aromatic N) is 1. The van der Waals surface area contributed by atoms with Gasteiger partial charge in [-0.2, -0.15) is 0 Å². The van der Waals surface area contributed by atoms with Crippen molar-refractivity contribution in [3.8, 4) is 12.3 Å². The lowest BCUT2D eigenvalue weighted by atomic mass is 10.0. The van der Waals surface area contributed by atoms with Gasteiger partial charge in [0.1, 0.15) is 0 Å². The van der Waals surface area contributed by atoms with E-state index in [1.165, 1.54) is 199 Å². The van der Waals surface area contributed by atoms with Crippen molar-refractivity contribution in [2.75, 3.05) is 18.0 Å². The summed E-state index contributed by atoms with van der Waals surface area (Å²) in [5.74, 6) is 2.77. The summed E-state index contributed by atoms with van der Waals surface area (Å²) in [4.78, 5) is 2.63. The van der Waals surface area contributed by atoms with Crippen LogP contribution in [0.5, 0.6) is 0 Å². The lowest BCUT2D eigenvalue weighted by Crippen LogP contribution is -2.25. The average Bonchev–Trinajstić information content (AvgIpc) is 3.00. The van der Waals surface area contributed by atoms with Gasteiger partial charge in [0, 0.05) is 24.3 Å². The number of unbranched alkanes of at least 4 members (excludes halogenated alkanes) is 26. The maximum Gasteiger partial charge on any atom is 0.0367 e. The summed E-state index contributed by atoms with van der Waals surface area (Å²) in [6.07, 6.45) is 45.4. The second kappa shape index (κ2) is 30.1. The Hall–Kier alpha value is -1.42. The van der Waals surface area contributed by atoms with Crippen molar-refractivity contribution >= 4 is 5.69 Å². The SMILES string of the molecule is C#Cc1ccc(N(CCCCCCCCCCCCCCCC)CCCCCCCCCCCCCCCC)cc1. The van der Waals surface area contributed by atoms with Gasteiger partial charge >= 0.3 is 0 Å². The highest BCUT2D eigenvalue weighted by molar-refractivity contribution is 5.50. The minimum absolute atomic E-state index is 0.988. The molecule has 0 heterocycles. The van der Waals surface area contributed by atoms with Crippen LogP contribution in [0.3, 0.4) is 0 Å². The fourth-order valence-corrected chi connectivity index (χ4v) is 6.13. The minimum atomic E-state index is 0.988. The van der Waals surface area contributed by atoms with Gasteiger partial charge in [-0.15, -0.1) is 6.42 Å². The molecule has 0 N–H and O–H groups in total. The first-order chi connectivity index (χ1) is 20.3. The molecule has 236 valence electrons. The zero-order valence-electron chi connectivity index (χ0n) is 28.0. The van der Waals surface area contributed by atoms with Crippen molar-refractivity contribution < 1.29 is 0 Å². The van der Waals surface area contributed by atoms with Crippen LogP contribution in [0.15, 0.2) is 24.3 Å². The summed E-state index contributed by atoms with van der Waals surface area (Å²) >= 11 is 0. The predicted molar refractivity (Wildman–Crippen MR) is 187 cm³/mol. The summed E-state index contributed by atoms with van der Waals surface area (Å²) in [6.45, 7) is 6.98. The van der Waals surface area contributed by atoms with Crippen LogP contribution >= 0.6 is 0 Å². The average molecular weight is 566 g/mol. The Morgan fingerprint density at radius 3 is 0.951 bits per heavy atom. The summed E-state index contributed by atoms with van der Waals surface area (Å²) in [5, 5.41) is 0. The molecule has 1 aromatic carbocycles. The standard InChI is InChI=1S/C40H71N/c1-4-7-9-11-13-15-17-19-21-23-25-27-29-31-37-41(40-35-33-39(6-3)34-36-40)38-32-30-28-26-24-22-20-18-16-14-12-10-8-5-2/h3,33-36H,4-5,7-32,37-38H2,1-2H3. The molecule has 1 aromatic rings. The number of rotatable bonds is 31. The van der Waals surface area contributed by atoms with Crippen molar-refractivity contribution in [2.45, 2.75) is 194 Å². The van der Waals surface area contributed by atoms with Crippen LogP contribution in [-0.2, 0) is 0 Å². The van der Waals surface area contributed by atoms with E-state index in [0.29, 0.717) is 0 Å². The first-order valence-electron chi connectivity index (χ1n) is 18.6. The molecule has 0 saturated carbocycles. The first kappa shape index (κ1) is 37.6. The fraction of sp³-hybridized carbons (Fsp3) is 0.800. The van der Waals surface area contributed by atoms with Gasteiger partial charge in [0.05, 0.1) is 0 Å². The molecule has 0 bridgehead atoms. The zero-order valence-corrected chi connectivity index (χ0v) is 28.0. The molecule has 0 unspecified atom stereocenters. The molecule has 0 radical (unpaired) electrons. The smallest absolute Gasteiger partial charge is 0.0367 e. The molecule has 0 saturated heterocycles. The number of benzene rings is 1. The van der Waals surface area contributed by atoms with Gasteiger partial charge in [-0.3, -0.25) is 0 Å². The minimum Gasteiger partial charge on any atom is -0.372 e. The fourth-order valence-electron chi connectivity index (χ4n) is 6.13. The Kier molecular flexibility index (Phi) is 27.6. The first-order valence-corrected chi connectivity index (χ1v) is 18.6. The number of hydrogen-bond donors (Lipinski definition) is 0. The Balaban J connectivity index is 2.10. The molecule has 0 aliphatic rings. The molecule has 0 aromatic heterocycles. The van der Waals surface area contributed by atoms with Crippen molar-refractivity contribution in [2.24, 2.45) is 0 Å². The zero-order chi connectivity index (χ0) is 29.5. The molecule has 0 fully saturated rings. The van der Waals surface area contributed by atoms with E-state index in [0.717, 1.165) is 5.56 Å². The van der Waals surface area contributed by atoms with Crippen LogP contribution in [0.25, 0.3) is 0 Å². The summed E-state index contributed by atoms with van der Waals surface area (Å²) in [7, 11) is 0. The third-order valence-corrected chi connectivity index (χ3v) is 8.96. The Morgan fingerprint density at radius 1 is 0.415 bits per heavy atom. The van der Waals surface area contributed by atoms with E-state index < -0.39 is 0 Å². The van der Waals surface area contributed by atoms with Crippen LogP contribution in [0.1, 0.15) is 199 Å². The monoisotopic (exact) mass is 566 g/mol. The van der Waals surface area contributed by atoms with Crippen LogP contribution < -0.4 is 4.90 Å². The molecule has 41 heavy (non-hydrogen) atoms. The van der Waals surface area contributed by atoms with E-state index in [4.69, 9.17) is 6.42 Å². The summed E-state index contributed by atoms with van der Waals surface area (Å²) in [6, 6.07) is 8.70.